The molecule has 0 aliphatic carbocycles. The standard InChI is InChI=1S/C18H24N2/c1-9-7-11(3)15(17(19)13(9)5)16-12(4)8-10(2)14(6)18(16)20/h7-8H,19-20H2,1-6H3. The highest BCUT2D eigenvalue weighted by atomic mass is 14.6. The first-order valence-corrected chi connectivity index (χ1v) is 6.98. The molecule has 0 fully saturated rings. The fourth-order valence-electron chi connectivity index (χ4n) is 2.90. The lowest BCUT2D eigenvalue weighted by Crippen LogP contribution is -2.04. The van der Waals surface area contributed by atoms with E-state index in [4.69, 9.17) is 11.5 Å². The zero-order chi connectivity index (χ0) is 15.2. The second-order valence-corrected chi connectivity index (χ2v) is 5.85. The maximum absolute atomic E-state index is 6.39. The van der Waals surface area contributed by atoms with Crippen molar-refractivity contribution in [3.05, 3.63) is 45.5 Å². The third-order valence-corrected chi connectivity index (χ3v) is 4.43. The van der Waals surface area contributed by atoms with E-state index in [2.05, 4.69) is 53.7 Å². The fraction of sp³-hybridized carbons (Fsp3) is 0.333. The minimum atomic E-state index is 0.848. The molecule has 0 bridgehead atoms. The van der Waals surface area contributed by atoms with E-state index >= 15 is 0 Å². The van der Waals surface area contributed by atoms with Crippen molar-refractivity contribution >= 4 is 11.4 Å². The lowest BCUT2D eigenvalue weighted by Gasteiger charge is -2.20. The average molecular weight is 268 g/mol. The second kappa shape index (κ2) is 4.86. The van der Waals surface area contributed by atoms with Gasteiger partial charge in [-0.2, -0.15) is 0 Å². The van der Waals surface area contributed by atoms with E-state index in [1.807, 2.05) is 0 Å². The highest BCUT2D eigenvalue weighted by Gasteiger charge is 2.17. The fourth-order valence-corrected chi connectivity index (χ4v) is 2.90. The zero-order valence-electron chi connectivity index (χ0n) is 13.3. The summed E-state index contributed by atoms with van der Waals surface area (Å²) < 4.78 is 0. The number of nitrogens with two attached hydrogens (primary N) is 2. The van der Waals surface area contributed by atoms with Crippen molar-refractivity contribution in [3.63, 3.8) is 0 Å². The molecule has 0 atom stereocenters. The normalized spacial score (nSPS) is 10.9. The van der Waals surface area contributed by atoms with E-state index in [9.17, 15) is 0 Å². The Morgan fingerprint density at radius 3 is 1.15 bits per heavy atom. The molecular weight excluding hydrogens is 244 g/mol. The van der Waals surface area contributed by atoms with Crippen molar-refractivity contribution in [2.45, 2.75) is 41.5 Å². The molecule has 20 heavy (non-hydrogen) atoms. The summed E-state index contributed by atoms with van der Waals surface area (Å²) in [6.07, 6.45) is 0. The number of hydrogen-bond donors (Lipinski definition) is 2. The molecule has 2 aromatic rings. The molecule has 106 valence electrons. The Hall–Kier alpha value is -1.96. The molecule has 2 aromatic carbocycles. The van der Waals surface area contributed by atoms with Gasteiger partial charge in [0.05, 0.1) is 0 Å². The lowest BCUT2D eigenvalue weighted by molar-refractivity contribution is 1.27. The Morgan fingerprint density at radius 1 is 0.550 bits per heavy atom. The number of aryl methyl sites for hydroxylation is 4. The van der Waals surface area contributed by atoms with Crippen LogP contribution in [0.4, 0.5) is 11.4 Å². The Balaban J connectivity index is 2.90. The Bertz CT molecular complexity index is 636. The molecule has 0 aromatic heterocycles. The van der Waals surface area contributed by atoms with Crippen molar-refractivity contribution in [1.82, 2.24) is 0 Å². The van der Waals surface area contributed by atoms with Crippen molar-refractivity contribution in [2.24, 2.45) is 0 Å². The van der Waals surface area contributed by atoms with Crippen molar-refractivity contribution in [2.75, 3.05) is 11.5 Å². The highest BCUT2D eigenvalue weighted by Crippen LogP contribution is 2.40. The molecule has 0 saturated heterocycles. The van der Waals surface area contributed by atoms with Crippen LogP contribution in [0.15, 0.2) is 12.1 Å². The number of rotatable bonds is 1. The van der Waals surface area contributed by atoms with Gasteiger partial charge in [0, 0.05) is 22.5 Å². The molecular formula is C18H24N2. The summed E-state index contributed by atoms with van der Waals surface area (Å²) in [4.78, 5) is 0. The van der Waals surface area contributed by atoms with Gasteiger partial charge in [0.25, 0.3) is 0 Å². The first-order valence-electron chi connectivity index (χ1n) is 6.98. The van der Waals surface area contributed by atoms with Crippen molar-refractivity contribution in [1.29, 1.82) is 0 Å². The maximum Gasteiger partial charge on any atom is 0.0429 e. The van der Waals surface area contributed by atoms with Gasteiger partial charge < -0.3 is 11.5 Å². The van der Waals surface area contributed by atoms with Crippen LogP contribution in [0.25, 0.3) is 11.1 Å². The molecule has 2 rings (SSSR count). The van der Waals surface area contributed by atoms with Crippen LogP contribution < -0.4 is 11.5 Å². The van der Waals surface area contributed by atoms with Gasteiger partial charge in [0.2, 0.25) is 0 Å². The van der Waals surface area contributed by atoms with Crippen molar-refractivity contribution in [3.8, 4) is 11.1 Å². The van der Waals surface area contributed by atoms with Crippen LogP contribution in [-0.4, -0.2) is 0 Å². The van der Waals surface area contributed by atoms with E-state index in [1.54, 1.807) is 0 Å². The Labute approximate surface area is 121 Å². The third-order valence-electron chi connectivity index (χ3n) is 4.43. The minimum absolute atomic E-state index is 0.848. The first-order chi connectivity index (χ1) is 9.25. The predicted molar refractivity (Wildman–Crippen MR) is 89.1 cm³/mol. The van der Waals surface area contributed by atoms with Crippen LogP contribution in [0, 0.1) is 41.5 Å². The van der Waals surface area contributed by atoms with E-state index in [1.165, 1.54) is 22.3 Å². The van der Waals surface area contributed by atoms with Gasteiger partial charge in [-0.15, -0.1) is 0 Å². The number of hydrogen-bond acceptors (Lipinski definition) is 2. The summed E-state index contributed by atoms with van der Waals surface area (Å²) in [6.45, 7) is 12.5. The molecule has 0 aliphatic heterocycles. The average Bonchev–Trinajstić information content (AvgIpc) is 2.37. The monoisotopic (exact) mass is 268 g/mol. The summed E-state index contributed by atoms with van der Waals surface area (Å²) >= 11 is 0. The molecule has 0 unspecified atom stereocenters. The summed E-state index contributed by atoms with van der Waals surface area (Å²) in [7, 11) is 0. The molecule has 0 radical (unpaired) electrons. The van der Waals surface area contributed by atoms with Gasteiger partial charge in [-0.1, -0.05) is 12.1 Å². The SMILES string of the molecule is Cc1cc(C)c(-c2c(C)cc(C)c(C)c2N)c(N)c1C. The molecule has 0 heterocycles. The van der Waals surface area contributed by atoms with E-state index in [0.29, 0.717) is 0 Å². The highest BCUT2D eigenvalue weighted by molar-refractivity contribution is 5.91. The smallest absolute Gasteiger partial charge is 0.0429 e. The van der Waals surface area contributed by atoms with Gasteiger partial charge in [-0.25, -0.2) is 0 Å². The van der Waals surface area contributed by atoms with Crippen LogP contribution >= 0.6 is 0 Å². The quantitative estimate of drug-likeness (QED) is 0.755. The van der Waals surface area contributed by atoms with E-state index < -0.39 is 0 Å². The number of nitrogen functional groups attached to an aromatic ring is 2. The Morgan fingerprint density at radius 2 is 0.850 bits per heavy atom. The molecule has 2 nitrogen and oxygen atoms in total. The summed E-state index contributed by atoms with van der Waals surface area (Å²) in [5.41, 5.74) is 23.7. The number of anilines is 2. The summed E-state index contributed by atoms with van der Waals surface area (Å²) in [5, 5.41) is 0. The summed E-state index contributed by atoms with van der Waals surface area (Å²) in [6, 6.07) is 4.38. The first kappa shape index (κ1) is 14.4. The zero-order valence-corrected chi connectivity index (χ0v) is 13.3. The van der Waals surface area contributed by atoms with Crippen LogP contribution in [-0.2, 0) is 0 Å². The Kier molecular flexibility index (Phi) is 3.51. The van der Waals surface area contributed by atoms with Gasteiger partial charge in [-0.05, 0) is 74.9 Å². The molecule has 0 saturated carbocycles. The van der Waals surface area contributed by atoms with Crippen molar-refractivity contribution < 1.29 is 0 Å². The van der Waals surface area contributed by atoms with Crippen LogP contribution in [0.1, 0.15) is 33.4 Å². The molecule has 4 N–H and O–H groups in total. The van der Waals surface area contributed by atoms with Gasteiger partial charge >= 0.3 is 0 Å². The van der Waals surface area contributed by atoms with Gasteiger partial charge in [0.15, 0.2) is 0 Å². The van der Waals surface area contributed by atoms with E-state index in [-0.39, 0.29) is 0 Å². The molecule has 0 spiro atoms. The second-order valence-electron chi connectivity index (χ2n) is 5.85. The largest absolute Gasteiger partial charge is 0.398 e. The van der Waals surface area contributed by atoms with Gasteiger partial charge in [-0.3, -0.25) is 0 Å². The topological polar surface area (TPSA) is 52.0 Å². The third kappa shape index (κ3) is 2.05. The molecule has 2 heteroatoms. The van der Waals surface area contributed by atoms with Crippen LogP contribution in [0.5, 0.6) is 0 Å². The van der Waals surface area contributed by atoms with Crippen LogP contribution in [0.2, 0.25) is 0 Å². The molecule has 0 amide bonds. The van der Waals surface area contributed by atoms with E-state index in [0.717, 1.165) is 33.6 Å². The predicted octanol–water partition coefficient (Wildman–Crippen LogP) is 4.37. The lowest BCUT2D eigenvalue weighted by atomic mass is 9.87. The molecule has 0 aliphatic rings. The minimum Gasteiger partial charge on any atom is -0.398 e. The summed E-state index contributed by atoms with van der Waals surface area (Å²) in [5.74, 6) is 0. The van der Waals surface area contributed by atoms with Gasteiger partial charge in [0.1, 0.15) is 0 Å². The maximum atomic E-state index is 6.39. The number of benzene rings is 2. The van der Waals surface area contributed by atoms with Crippen LogP contribution in [0.3, 0.4) is 0 Å².